The van der Waals surface area contributed by atoms with E-state index in [4.69, 9.17) is 14.9 Å². The van der Waals surface area contributed by atoms with Gasteiger partial charge in [-0.2, -0.15) is 10.2 Å². The Morgan fingerprint density at radius 2 is 1.42 bits per heavy atom. The Kier molecular flexibility index (Phi) is 6.03. The van der Waals surface area contributed by atoms with E-state index in [2.05, 4.69) is 10.2 Å². The van der Waals surface area contributed by atoms with Crippen LogP contribution in [0, 0.1) is 0 Å². The number of carboxylic acids is 2. The van der Waals surface area contributed by atoms with Gasteiger partial charge in [-0.15, -0.1) is 0 Å². The van der Waals surface area contributed by atoms with E-state index in [0.717, 1.165) is 6.07 Å². The zero-order valence-corrected chi connectivity index (χ0v) is 14.6. The highest BCUT2D eigenvalue weighted by Gasteiger charge is 2.11. The fourth-order valence-electron chi connectivity index (χ4n) is 1.93. The van der Waals surface area contributed by atoms with Crippen LogP contribution in [0.3, 0.4) is 0 Å². The van der Waals surface area contributed by atoms with E-state index in [9.17, 15) is 9.59 Å². The van der Waals surface area contributed by atoms with Crippen molar-refractivity contribution in [1.29, 1.82) is 0 Å². The fraction of sp³-hybridized carbons (Fsp3) is 0.222. The molecule has 8 heteroatoms. The molecule has 26 heavy (non-hydrogen) atoms. The van der Waals surface area contributed by atoms with Gasteiger partial charge in [-0.25, -0.2) is 9.59 Å². The zero-order chi connectivity index (χ0) is 19.3. The van der Waals surface area contributed by atoms with Gasteiger partial charge in [-0.05, 0) is 63.5 Å². The minimum atomic E-state index is -1.24. The Hall–Kier alpha value is -3.26. The number of rotatable bonds is 7. The maximum atomic E-state index is 11.1. The van der Waals surface area contributed by atoms with Crippen molar-refractivity contribution in [2.75, 3.05) is 14.1 Å². The molecule has 0 fully saturated rings. The highest BCUT2D eigenvalue weighted by atomic mass is 16.5. The van der Waals surface area contributed by atoms with Crippen molar-refractivity contribution in [3.63, 3.8) is 0 Å². The van der Waals surface area contributed by atoms with Gasteiger partial charge in [0, 0.05) is 0 Å². The normalized spacial score (nSPS) is 12.3. The van der Waals surface area contributed by atoms with Crippen molar-refractivity contribution in [3.05, 3.63) is 53.6 Å². The molecule has 0 aliphatic rings. The number of hydrogen-bond acceptors (Lipinski definition) is 6. The minimum Gasteiger partial charge on any atom is -0.478 e. The molecular formula is C18H19N3O5. The Morgan fingerprint density at radius 1 is 0.923 bits per heavy atom. The summed E-state index contributed by atoms with van der Waals surface area (Å²) < 4.78 is 5.70. The standard InChI is InChI=1S/C18H19N3O5/c1-11(21(2)3)26-16-6-4-14(5-7-16)19-20-15-9-12(17(22)23)8-13(10-15)18(24)25/h4-11H,1-3H3,(H,22,23)(H,24,25). The van der Waals surface area contributed by atoms with Crippen LogP contribution in [0.5, 0.6) is 5.75 Å². The summed E-state index contributed by atoms with van der Waals surface area (Å²) in [5.41, 5.74) is 0.330. The van der Waals surface area contributed by atoms with E-state index in [0.29, 0.717) is 11.4 Å². The Bertz CT molecular complexity index is 799. The van der Waals surface area contributed by atoms with E-state index < -0.39 is 11.9 Å². The third kappa shape index (κ3) is 5.12. The predicted molar refractivity (Wildman–Crippen MR) is 94.8 cm³/mol. The quantitative estimate of drug-likeness (QED) is 0.576. The van der Waals surface area contributed by atoms with Crippen LogP contribution in [0.15, 0.2) is 52.7 Å². The topological polar surface area (TPSA) is 112 Å². The zero-order valence-electron chi connectivity index (χ0n) is 14.6. The lowest BCUT2D eigenvalue weighted by atomic mass is 10.1. The second-order valence-corrected chi connectivity index (χ2v) is 5.75. The van der Waals surface area contributed by atoms with E-state index in [1.54, 1.807) is 24.3 Å². The summed E-state index contributed by atoms with van der Waals surface area (Å²) >= 11 is 0. The molecule has 0 aromatic heterocycles. The van der Waals surface area contributed by atoms with Crippen molar-refractivity contribution in [3.8, 4) is 5.75 Å². The molecular weight excluding hydrogens is 338 g/mol. The van der Waals surface area contributed by atoms with Crippen LogP contribution < -0.4 is 4.74 Å². The van der Waals surface area contributed by atoms with Gasteiger partial charge in [-0.1, -0.05) is 0 Å². The molecule has 1 unspecified atom stereocenters. The molecule has 136 valence electrons. The number of carbonyl (C=O) groups is 2. The fourth-order valence-corrected chi connectivity index (χ4v) is 1.93. The number of carboxylic acid groups (broad SMARTS) is 2. The monoisotopic (exact) mass is 357 g/mol. The van der Waals surface area contributed by atoms with Crippen LogP contribution in [0.1, 0.15) is 27.6 Å². The second kappa shape index (κ2) is 8.21. The molecule has 0 saturated heterocycles. The van der Waals surface area contributed by atoms with Crippen LogP contribution in [0.2, 0.25) is 0 Å². The molecule has 0 aliphatic heterocycles. The third-order valence-corrected chi connectivity index (χ3v) is 3.56. The molecule has 0 heterocycles. The molecule has 0 amide bonds. The van der Waals surface area contributed by atoms with E-state index in [-0.39, 0.29) is 23.0 Å². The van der Waals surface area contributed by atoms with Gasteiger partial charge < -0.3 is 14.9 Å². The predicted octanol–water partition coefficient (Wildman–Crippen LogP) is 3.78. The lowest BCUT2D eigenvalue weighted by Gasteiger charge is -2.21. The number of aromatic carboxylic acids is 2. The first kappa shape index (κ1) is 19.1. The van der Waals surface area contributed by atoms with Crippen LogP contribution in [-0.4, -0.2) is 47.4 Å². The third-order valence-electron chi connectivity index (χ3n) is 3.56. The maximum Gasteiger partial charge on any atom is 0.335 e. The molecule has 0 aliphatic carbocycles. The Balaban J connectivity index is 2.19. The van der Waals surface area contributed by atoms with Crippen LogP contribution in [0.4, 0.5) is 11.4 Å². The molecule has 0 bridgehead atoms. The molecule has 2 rings (SSSR count). The molecule has 1 atom stereocenters. The van der Waals surface area contributed by atoms with Crippen molar-refractivity contribution < 1.29 is 24.5 Å². The van der Waals surface area contributed by atoms with Crippen molar-refractivity contribution in [2.45, 2.75) is 13.2 Å². The largest absolute Gasteiger partial charge is 0.478 e. The molecule has 0 radical (unpaired) electrons. The van der Waals surface area contributed by atoms with Gasteiger partial charge in [0.1, 0.15) is 12.0 Å². The number of nitrogens with zero attached hydrogens (tertiary/aromatic N) is 3. The van der Waals surface area contributed by atoms with Gasteiger partial charge in [0.05, 0.1) is 22.5 Å². The number of hydrogen-bond donors (Lipinski definition) is 2. The van der Waals surface area contributed by atoms with Crippen LogP contribution in [-0.2, 0) is 0 Å². The highest BCUT2D eigenvalue weighted by Crippen LogP contribution is 2.24. The van der Waals surface area contributed by atoms with Crippen LogP contribution >= 0.6 is 0 Å². The average Bonchev–Trinajstić information content (AvgIpc) is 2.60. The molecule has 2 N–H and O–H groups in total. The van der Waals surface area contributed by atoms with Gasteiger partial charge in [0.15, 0.2) is 0 Å². The van der Waals surface area contributed by atoms with Crippen molar-refractivity contribution >= 4 is 23.3 Å². The lowest BCUT2D eigenvalue weighted by molar-refractivity contribution is 0.0696. The summed E-state index contributed by atoms with van der Waals surface area (Å²) in [7, 11) is 3.81. The molecule has 2 aromatic rings. The summed E-state index contributed by atoms with van der Waals surface area (Å²) in [6.45, 7) is 1.92. The Labute approximate surface area is 150 Å². The highest BCUT2D eigenvalue weighted by molar-refractivity contribution is 5.95. The summed E-state index contributed by atoms with van der Waals surface area (Å²) in [5.74, 6) is -1.80. The van der Waals surface area contributed by atoms with Gasteiger partial charge in [-0.3, -0.25) is 4.90 Å². The first-order valence-corrected chi connectivity index (χ1v) is 7.73. The minimum absolute atomic E-state index is 0.0873. The Morgan fingerprint density at radius 3 is 1.88 bits per heavy atom. The van der Waals surface area contributed by atoms with E-state index in [1.165, 1.54) is 12.1 Å². The molecule has 0 spiro atoms. The summed E-state index contributed by atoms with van der Waals surface area (Å²) in [5, 5.41) is 26.1. The van der Waals surface area contributed by atoms with Gasteiger partial charge in [0.25, 0.3) is 0 Å². The van der Waals surface area contributed by atoms with Crippen LogP contribution in [0.25, 0.3) is 0 Å². The molecule has 0 saturated carbocycles. The maximum absolute atomic E-state index is 11.1. The van der Waals surface area contributed by atoms with Gasteiger partial charge >= 0.3 is 11.9 Å². The molecule has 2 aromatic carbocycles. The lowest BCUT2D eigenvalue weighted by Crippen LogP contribution is -2.30. The number of azo groups is 1. The van der Waals surface area contributed by atoms with Crippen molar-refractivity contribution in [1.82, 2.24) is 4.90 Å². The second-order valence-electron chi connectivity index (χ2n) is 5.75. The van der Waals surface area contributed by atoms with Gasteiger partial charge in [0.2, 0.25) is 0 Å². The smallest absolute Gasteiger partial charge is 0.335 e. The SMILES string of the molecule is CC(Oc1ccc(N=Nc2cc(C(=O)O)cc(C(=O)O)c2)cc1)N(C)C. The number of benzene rings is 2. The van der Waals surface area contributed by atoms with E-state index >= 15 is 0 Å². The summed E-state index contributed by atoms with van der Waals surface area (Å²) in [6.07, 6.45) is -0.0873. The summed E-state index contributed by atoms with van der Waals surface area (Å²) in [4.78, 5) is 24.1. The summed E-state index contributed by atoms with van der Waals surface area (Å²) in [6, 6.07) is 10.5. The first-order chi connectivity index (χ1) is 12.3. The number of ether oxygens (including phenoxy) is 1. The van der Waals surface area contributed by atoms with Crippen molar-refractivity contribution in [2.24, 2.45) is 10.2 Å². The molecule has 8 nitrogen and oxygen atoms in total. The average molecular weight is 357 g/mol. The van der Waals surface area contributed by atoms with E-state index in [1.807, 2.05) is 25.9 Å². The first-order valence-electron chi connectivity index (χ1n) is 7.73.